The van der Waals surface area contributed by atoms with Gasteiger partial charge in [0.2, 0.25) is 0 Å². The van der Waals surface area contributed by atoms with E-state index >= 15 is 0 Å². The molecule has 2 nitrogen and oxygen atoms in total. The van der Waals surface area contributed by atoms with Crippen molar-refractivity contribution in [2.45, 2.75) is 19.3 Å². The number of hydrogen-bond acceptors (Lipinski definition) is 2. The fraction of sp³-hybridized carbons (Fsp3) is 0.0882. The van der Waals surface area contributed by atoms with Crippen LogP contribution in [-0.4, -0.2) is 19.4 Å². The monoisotopic (exact) mass is 605 g/mol. The Morgan fingerprint density at radius 3 is 1.42 bits per heavy atom. The van der Waals surface area contributed by atoms with E-state index in [0.29, 0.717) is 28.9 Å². The van der Waals surface area contributed by atoms with Gasteiger partial charge in [-0.25, -0.2) is 0 Å². The highest BCUT2D eigenvalue weighted by Gasteiger charge is 2.44. The normalized spacial score (nSPS) is 12.5. The second-order valence-corrected chi connectivity index (χ2v) is 13.8. The number of hydrogen-bond donors (Lipinski definition) is 1. The summed E-state index contributed by atoms with van der Waals surface area (Å²) in [6, 6.07) is 33.9. The van der Waals surface area contributed by atoms with Crippen molar-refractivity contribution in [3.8, 4) is 5.75 Å². The Balaban J connectivity index is 1.82. The smallest absolute Gasteiger partial charge is 0.418 e. The van der Waals surface area contributed by atoms with Gasteiger partial charge in [0.25, 0.3) is 0 Å². The molecule has 0 fully saturated rings. The summed E-state index contributed by atoms with van der Waals surface area (Å²) in [5, 5.41) is 15.2. The summed E-state index contributed by atoms with van der Waals surface area (Å²) in [6.07, 6.45) is -9.28. The first-order valence-corrected chi connectivity index (χ1v) is 15.3. The number of aliphatic imine (C=N–C) groups is 1. The SMILES string of the molecule is Cc1cc(C=Nc2c(C(F)(F)F)cccc2C(F)(F)F)c(O)c([Si](c2ccccc2)(c2ccccc2)c2ccccc2)c1. The van der Waals surface area contributed by atoms with Crippen molar-refractivity contribution in [2.75, 3.05) is 0 Å². The molecule has 0 radical (unpaired) electrons. The highest BCUT2D eigenvalue weighted by atomic mass is 28.3. The van der Waals surface area contributed by atoms with Crippen LogP contribution in [-0.2, 0) is 12.4 Å². The van der Waals surface area contributed by atoms with Gasteiger partial charge in [-0.05, 0) is 45.9 Å². The molecule has 0 aliphatic heterocycles. The molecule has 0 aromatic heterocycles. The first-order chi connectivity index (χ1) is 20.4. The summed E-state index contributed by atoms with van der Waals surface area (Å²) in [5.41, 5.74) is -3.66. The first kappa shape index (κ1) is 29.8. The molecule has 0 saturated heterocycles. The summed E-state index contributed by atoms with van der Waals surface area (Å²) in [4.78, 5) is 3.74. The molecule has 5 aromatic carbocycles. The topological polar surface area (TPSA) is 32.6 Å². The van der Waals surface area contributed by atoms with Gasteiger partial charge in [-0.15, -0.1) is 0 Å². The van der Waals surface area contributed by atoms with Crippen LogP contribution in [0.1, 0.15) is 22.3 Å². The number of phenolic OH excluding ortho intramolecular Hbond substituents is 1. The lowest BCUT2D eigenvalue weighted by Crippen LogP contribution is -2.74. The van der Waals surface area contributed by atoms with Gasteiger partial charge >= 0.3 is 12.4 Å². The number of aryl methyl sites for hydroxylation is 1. The number of alkyl halides is 6. The molecule has 0 saturated carbocycles. The van der Waals surface area contributed by atoms with Gasteiger partial charge in [-0.3, -0.25) is 4.99 Å². The Morgan fingerprint density at radius 1 is 0.605 bits per heavy atom. The lowest BCUT2D eigenvalue weighted by molar-refractivity contribution is -0.141. The molecule has 0 heterocycles. The van der Waals surface area contributed by atoms with Crippen LogP contribution >= 0.6 is 0 Å². The Morgan fingerprint density at radius 2 is 1.02 bits per heavy atom. The largest absolute Gasteiger partial charge is 0.507 e. The molecule has 5 aromatic rings. The average Bonchev–Trinajstić information content (AvgIpc) is 2.99. The fourth-order valence-corrected chi connectivity index (χ4v) is 10.5. The van der Waals surface area contributed by atoms with Gasteiger partial charge in [0.05, 0.1) is 16.8 Å². The van der Waals surface area contributed by atoms with Crippen molar-refractivity contribution in [1.82, 2.24) is 0 Å². The molecule has 218 valence electrons. The standard InChI is InChI=1S/C34H25F6NOSi/c1-23-20-24(22-41-31-28(33(35,36)37)18-11-19-29(31)34(38,39)40)32(42)30(21-23)43(25-12-5-2-6-13-25,26-14-7-3-8-15-26)27-16-9-4-10-17-27/h2-22,42H,1H3. The van der Waals surface area contributed by atoms with Gasteiger partial charge in [0.15, 0.2) is 8.07 Å². The van der Waals surface area contributed by atoms with E-state index in [2.05, 4.69) is 4.99 Å². The minimum absolute atomic E-state index is 0.000213. The maximum atomic E-state index is 13.8. The number of halogens is 6. The Labute approximate surface area is 245 Å². The molecule has 5 rings (SSSR count). The van der Waals surface area contributed by atoms with Crippen LogP contribution in [0.25, 0.3) is 0 Å². The molecule has 0 aliphatic carbocycles. The Hall–Kier alpha value is -4.63. The van der Waals surface area contributed by atoms with Crippen LogP contribution in [0.4, 0.5) is 32.0 Å². The minimum Gasteiger partial charge on any atom is -0.507 e. The summed E-state index contributed by atoms with van der Waals surface area (Å²) >= 11 is 0. The van der Waals surface area contributed by atoms with E-state index in [1.807, 2.05) is 97.1 Å². The van der Waals surface area contributed by atoms with E-state index in [-0.39, 0.29) is 11.3 Å². The van der Waals surface area contributed by atoms with Gasteiger partial charge in [0, 0.05) is 11.8 Å². The molecule has 9 heteroatoms. The predicted molar refractivity (Wildman–Crippen MR) is 160 cm³/mol. The van der Waals surface area contributed by atoms with Gasteiger partial charge in [-0.2, -0.15) is 26.3 Å². The molecule has 1 N–H and O–H groups in total. The zero-order valence-corrected chi connectivity index (χ0v) is 23.8. The van der Waals surface area contributed by atoms with E-state index < -0.39 is 37.2 Å². The second kappa shape index (κ2) is 11.6. The second-order valence-electron chi connectivity index (χ2n) is 10.1. The lowest BCUT2D eigenvalue weighted by atomic mass is 10.1. The third kappa shape index (κ3) is 5.72. The van der Waals surface area contributed by atoms with E-state index in [9.17, 15) is 31.4 Å². The van der Waals surface area contributed by atoms with Gasteiger partial charge < -0.3 is 5.11 Å². The number of benzene rings is 5. The Kier molecular flexibility index (Phi) is 8.03. The van der Waals surface area contributed by atoms with Crippen LogP contribution in [0.3, 0.4) is 0 Å². The molecule has 0 amide bonds. The van der Waals surface area contributed by atoms with E-state index in [4.69, 9.17) is 0 Å². The molecule has 0 atom stereocenters. The van der Waals surface area contributed by atoms with Crippen molar-refractivity contribution in [3.05, 3.63) is 144 Å². The van der Waals surface area contributed by atoms with Crippen molar-refractivity contribution >= 4 is 40.7 Å². The maximum Gasteiger partial charge on any atom is 0.418 e. The molecule has 0 spiro atoms. The average molecular weight is 606 g/mol. The zero-order chi connectivity index (χ0) is 30.8. The molecule has 43 heavy (non-hydrogen) atoms. The van der Waals surface area contributed by atoms with E-state index in [1.54, 1.807) is 6.92 Å². The maximum absolute atomic E-state index is 13.8. The highest BCUT2D eigenvalue weighted by molar-refractivity contribution is 7.20. The summed E-state index contributed by atoms with van der Waals surface area (Å²) in [6.45, 7) is 1.76. The molecule has 0 bridgehead atoms. The fourth-order valence-electron chi connectivity index (χ4n) is 5.50. The molecule has 0 aliphatic rings. The number of nitrogens with zero attached hydrogens (tertiary/aromatic N) is 1. The van der Waals surface area contributed by atoms with Crippen molar-refractivity contribution in [3.63, 3.8) is 0 Å². The third-order valence-electron chi connectivity index (χ3n) is 7.29. The summed E-state index contributed by atoms with van der Waals surface area (Å²) in [7, 11) is -3.27. The van der Waals surface area contributed by atoms with Crippen LogP contribution < -0.4 is 20.7 Å². The van der Waals surface area contributed by atoms with Crippen molar-refractivity contribution < 1.29 is 31.4 Å². The number of rotatable bonds is 6. The van der Waals surface area contributed by atoms with Crippen LogP contribution in [0.15, 0.2) is 126 Å². The summed E-state index contributed by atoms with van der Waals surface area (Å²) < 4.78 is 82.7. The van der Waals surface area contributed by atoms with E-state index in [0.717, 1.165) is 21.8 Å². The Bertz CT molecular complexity index is 1620. The number of para-hydroxylation sites is 1. The highest BCUT2D eigenvalue weighted by Crippen LogP contribution is 2.44. The van der Waals surface area contributed by atoms with Crippen LogP contribution in [0, 0.1) is 6.92 Å². The van der Waals surface area contributed by atoms with Crippen molar-refractivity contribution in [1.29, 1.82) is 0 Å². The molecular weight excluding hydrogens is 580 g/mol. The molecular formula is C34H25F6NOSi. The zero-order valence-electron chi connectivity index (χ0n) is 22.8. The molecule has 0 unspecified atom stereocenters. The first-order valence-electron chi connectivity index (χ1n) is 13.3. The number of aromatic hydroxyl groups is 1. The summed E-state index contributed by atoms with van der Waals surface area (Å²) in [5.74, 6) is -0.268. The van der Waals surface area contributed by atoms with Crippen LogP contribution in [0.5, 0.6) is 5.75 Å². The van der Waals surface area contributed by atoms with Crippen LogP contribution in [0.2, 0.25) is 0 Å². The van der Waals surface area contributed by atoms with Gasteiger partial charge in [-0.1, -0.05) is 109 Å². The third-order valence-corrected chi connectivity index (χ3v) is 12.1. The van der Waals surface area contributed by atoms with E-state index in [1.165, 1.54) is 6.07 Å². The van der Waals surface area contributed by atoms with Gasteiger partial charge in [0.1, 0.15) is 5.75 Å². The number of phenols is 1. The lowest BCUT2D eigenvalue weighted by Gasteiger charge is -2.35. The predicted octanol–water partition coefficient (Wildman–Crippen LogP) is 6.87. The minimum atomic E-state index is -5.08. The quantitative estimate of drug-likeness (QED) is 0.0975. The van der Waals surface area contributed by atoms with Crippen molar-refractivity contribution in [2.24, 2.45) is 4.99 Å².